The van der Waals surface area contributed by atoms with Crippen LogP contribution >= 0.6 is 0 Å². The van der Waals surface area contributed by atoms with Crippen LogP contribution < -0.4 is 11.1 Å². The van der Waals surface area contributed by atoms with Crippen LogP contribution in [0.1, 0.15) is 45.4 Å². The third-order valence-corrected chi connectivity index (χ3v) is 3.09. The van der Waals surface area contributed by atoms with E-state index in [2.05, 4.69) is 5.32 Å². The molecule has 0 radical (unpaired) electrons. The monoisotopic (exact) mass is 214 g/mol. The normalized spacial score (nSPS) is 21.3. The Morgan fingerprint density at radius 3 is 2.60 bits per heavy atom. The van der Waals surface area contributed by atoms with Crippen molar-refractivity contribution in [3.05, 3.63) is 0 Å². The molecular formula is C11H22N2O2. The van der Waals surface area contributed by atoms with Gasteiger partial charge in [0, 0.05) is 12.5 Å². The first-order chi connectivity index (χ1) is 7.08. The number of carbonyl (C=O) groups excluding carboxylic acids is 1. The van der Waals surface area contributed by atoms with Gasteiger partial charge in [-0.1, -0.05) is 12.8 Å². The SMILES string of the molecule is CC(N)CCC(=O)NC1(CO)CCCC1. The van der Waals surface area contributed by atoms with Crippen LogP contribution in [0.15, 0.2) is 0 Å². The van der Waals surface area contributed by atoms with E-state index < -0.39 is 0 Å². The van der Waals surface area contributed by atoms with Crippen molar-refractivity contribution in [2.75, 3.05) is 6.61 Å². The molecule has 1 unspecified atom stereocenters. The first kappa shape index (κ1) is 12.5. The fourth-order valence-electron chi connectivity index (χ4n) is 2.09. The van der Waals surface area contributed by atoms with Crippen molar-refractivity contribution < 1.29 is 9.90 Å². The first-order valence-electron chi connectivity index (χ1n) is 5.75. The predicted molar refractivity (Wildman–Crippen MR) is 59.3 cm³/mol. The number of hydrogen-bond acceptors (Lipinski definition) is 3. The van der Waals surface area contributed by atoms with Gasteiger partial charge in [0.25, 0.3) is 0 Å². The molecule has 4 heteroatoms. The molecule has 0 bridgehead atoms. The topological polar surface area (TPSA) is 75.4 Å². The van der Waals surface area contributed by atoms with Crippen molar-refractivity contribution in [3.63, 3.8) is 0 Å². The van der Waals surface area contributed by atoms with E-state index in [1.54, 1.807) is 0 Å². The fourth-order valence-corrected chi connectivity index (χ4v) is 2.09. The number of rotatable bonds is 5. The van der Waals surface area contributed by atoms with Crippen molar-refractivity contribution in [2.45, 2.75) is 57.0 Å². The molecule has 4 nitrogen and oxygen atoms in total. The zero-order valence-electron chi connectivity index (χ0n) is 9.46. The van der Waals surface area contributed by atoms with Crippen LogP contribution in [-0.2, 0) is 4.79 Å². The molecule has 0 aliphatic heterocycles. The van der Waals surface area contributed by atoms with Gasteiger partial charge in [-0.05, 0) is 26.2 Å². The van der Waals surface area contributed by atoms with Crippen molar-refractivity contribution in [3.8, 4) is 0 Å². The van der Waals surface area contributed by atoms with Crippen LogP contribution in [0.2, 0.25) is 0 Å². The maximum atomic E-state index is 11.6. The van der Waals surface area contributed by atoms with Crippen molar-refractivity contribution >= 4 is 5.91 Å². The molecule has 1 saturated carbocycles. The second-order valence-corrected chi connectivity index (χ2v) is 4.71. The van der Waals surface area contributed by atoms with Gasteiger partial charge >= 0.3 is 0 Å². The number of carbonyl (C=O) groups is 1. The number of aliphatic hydroxyl groups is 1. The second kappa shape index (κ2) is 5.47. The number of nitrogens with two attached hydrogens (primary N) is 1. The minimum Gasteiger partial charge on any atom is -0.394 e. The third kappa shape index (κ3) is 3.80. The van der Waals surface area contributed by atoms with Gasteiger partial charge in [-0.2, -0.15) is 0 Å². The molecule has 1 rings (SSSR count). The van der Waals surface area contributed by atoms with E-state index >= 15 is 0 Å². The number of aliphatic hydroxyl groups excluding tert-OH is 1. The highest BCUT2D eigenvalue weighted by Gasteiger charge is 2.34. The van der Waals surface area contributed by atoms with Crippen LogP contribution in [0, 0.1) is 0 Å². The molecule has 0 aromatic carbocycles. The summed E-state index contributed by atoms with van der Waals surface area (Å²) in [5.41, 5.74) is 5.25. The highest BCUT2D eigenvalue weighted by molar-refractivity contribution is 5.76. The molecule has 1 fully saturated rings. The van der Waals surface area contributed by atoms with E-state index in [0.29, 0.717) is 12.8 Å². The average Bonchev–Trinajstić information content (AvgIpc) is 2.64. The summed E-state index contributed by atoms with van der Waals surface area (Å²) in [5, 5.41) is 12.3. The quantitative estimate of drug-likeness (QED) is 0.625. The van der Waals surface area contributed by atoms with E-state index in [1.165, 1.54) is 0 Å². The molecule has 1 amide bonds. The van der Waals surface area contributed by atoms with Crippen molar-refractivity contribution in [1.29, 1.82) is 0 Å². The standard InChI is InChI=1S/C11H22N2O2/c1-9(12)4-5-10(15)13-11(8-14)6-2-3-7-11/h9,14H,2-8,12H2,1H3,(H,13,15). The van der Waals surface area contributed by atoms with Gasteiger partial charge in [-0.15, -0.1) is 0 Å². The Balaban J connectivity index is 2.35. The lowest BCUT2D eigenvalue weighted by Gasteiger charge is -2.28. The zero-order chi connectivity index (χ0) is 11.3. The van der Waals surface area contributed by atoms with Gasteiger partial charge in [0.1, 0.15) is 0 Å². The average molecular weight is 214 g/mol. The molecule has 0 heterocycles. The molecule has 0 aromatic heterocycles. The van der Waals surface area contributed by atoms with Crippen LogP contribution in [0.25, 0.3) is 0 Å². The summed E-state index contributed by atoms with van der Waals surface area (Å²) in [6.07, 6.45) is 5.13. The van der Waals surface area contributed by atoms with E-state index in [4.69, 9.17) is 5.73 Å². The third-order valence-electron chi connectivity index (χ3n) is 3.09. The Morgan fingerprint density at radius 2 is 2.13 bits per heavy atom. The fraction of sp³-hybridized carbons (Fsp3) is 0.909. The molecule has 1 aliphatic carbocycles. The molecule has 0 saturated heterocycles. The van der Waals surface area contributed by atoms with Gasteiger partial charge in [0.15, 0.2) is 0 Å². The van der Waals surface area contributed by atoms with Gasteiger partial charge < -0.3 is 16.2 Å². The number of hydrogen-bond donors (Lipinski definition) is 3. The van der Waals surface area contributed by atoms with E-state index in [1.807, 2.05) is 6.92 Å². The summed E-state index contributed by atoms with van der Waals surface area (Å²) in [5.74, 6) is 0.0169. The predicted octanol–water partition coefficient (Wildman–Crippen LogP) is 0.535. The maximum absolute atomic E-state index is 11.6. The Bertz CT molecular complexity index is 211. The van der Waals surface area contributed by atoms with Gasteiger partial charge in [-0.25, -0.2) is 0 Å². The lowest BCUT2D eigenvalue weighted by Crippen LogP contribution is -2.49. The molecule has 88 valence electrons. The lowest BCUT2D eigenvalue weighted by atomic mass is 9.98. The van der Waals surface area contributed by atoms with Gasteiger partial charge in [0.2, 0.25) is 5.91 Å². The summed E-state index contributed by atoms with van der Waals surface area (Å²) < 4.78 is 0. The minimum absolute atomic E-state index is 0.0169. The highest BCUT2D eigenvalue weighted by atomic mass is 16.3. The van der Waals surface area contributed by atoms with Crippen LogP contribution in [0.5, 0.6) is 0 Å². The Morgan fingerprint density at radius 1 is 1.53 bits per heavy atom. The van der Waals surface area contributed by atoms with Gasteiger partial charge in [0.05, 0.1) is 12.1 Å². The summed E-state index contributed by atoms with van der Waals surface area (Å²) >= 11 is 0. The molecule has 15 heavy (non-hydrogen) atoms. The Hall–Kier alpha value is -0.610. The first-order valence-corrected chi connectivity index (χ1v) is 5.75. The lowest BCUT2D eigenvalue weighted by molar-refractivity contribution is -0.123. The summed E-state index contributed by atoms with van der Waals surface area (Å²) in [4.78, 5) is 11.6. The summed E-state index contributed by atoms with van der Waals surface area (Å²) in [7, 11) is 0. The Kier molecular flexibility index (Phi) is 4.54. The van der Waals surface area contributed by atoms with Crippen LogP contribution in [0.3, 0.4) is 0 Å². The molecular weight excluding hydrogens is 192 g/mol. The molecule has 0 spiro atoms. The number of amides is 1. The summed E-state index contributed by atoms with van der Waals surface area (Å²) in [6, 6.07) is 0.0596. The molecule has 0 aromatic rings. The van der Waals surface area contributed by atoms with Crippen molar-refractivity contribution in [1.82, 2.24) is 5.32 Å². The van der Waals surface area contributed by atoms with Crippen molar-refractivity contribution in [2.24, 2.45) is 5.73 Å². The Labute approximate surface area is 91.2 Å². The molecule has 4 N–H and O–H groups in total. The van der Waals surface area contributed by atoms with Gasteiger partial charge in [-0.3, -0.25) is 4.79 Å². The smallest absolute Gasteiger partial charge is 0.220 e. The van der Waals surface area contributed by atoms with E-state index in [-0.39, 0.29) is 24.1 Å². The van der Waals surface area contributed by atoms with E-state index in [0.717, 1.165) is 25.7 Å². The van der Waals surface area contributed by atoms with E-state index in [9.17, 15) is 9.90 Å². The molecule has 1 aliphatic rings. The highest BCUT2D eigenvalue weighted by Crippen LogP contribution is 2.29. The largest absolute Gasteiger partial charge is 0.394 e. The zero-order valence-corrected chi connectivity index (χ0v) is 9.46. The number of nitrogens with one attached hydrogen (secondary N) is 1. The van der Waals surface area contributed by atoms with Crippen LogP contribution in [0.4, 0.5) is 0 Å². The second-order valence-electron chi connectivity index (χ2n) is 4.71. The molecule has 1 atom stereocenters. The summed E-state index contributed by atoms with van der Waals surface area (Å²) in [6.45, 7) is 1.95. The maximum Gasteiger partial charge on any atom is 0.220 e. The van der Waals surface area contributed by atoms with Crippen LogP contribution in [-0.4, -0.2) is 29.2 Å². The minimum atomic E-state index is -0.338.